The minimum atomic E-state index is -0.792. The molecule has 2 aromatic rings. The van der Waals surface area contributed by atoms with E-state index in [2.05, 4.69) is 6.92 Å². The van der Waals surface area contributed by atoms with Crippen LogP contribution in [0.15, 0.2) is 54.6 Å². The number of unbranched alkanes of at least 4 members (excludes halogenated alkanes) is 4. The Morgan fingerprint density at radius 1 is 0.811 bits per heavy atom. The van der Waals surface area contributed by atoms with Crippen molar-refractivity contribution >= 4 is 18.0 Å². The van der Waals surface area contributed by atoms with Gasteiger partial charge in [-0.3, -0.25) is 9.69 Å². The van der Waals surface area contributed by atoms with Gasteiger partial charge in [-0.1, -0.05) is 62.9 Å². The molecule has 0 saturated heterocycles. The number of carbonyl (C=O) groups excluding carboxylic acids is 3. The van der Waals surface area contributed by atoms with Crippen LogP contribution >= 0.6 is 0 Å². The summed E-state index contributed by atoms with van der Waals surface area (Å²) < 4.78 is 21.2. The Labute approximate surface area is 219 Å². The van der Waals surface area contributed by atoms with Gasteiger partial charge in [0.05, 0.1) is 12.2 Å². The summed E-state index contributed by atoms with van der Waals surface area (Å²) in [5.74, 6) is -0.530. The molecular formula is C29H39NO7. The van der Waals surface area contributed by atoms with E-state index in [0.29, 0.717) is 17.9 Å². The molecule has 0 aromatic heterocycles. The molecule has 0 heterocycles. The van der Waals surface area contributed by atoms with Crippen LogP contribution in [0.1, 0.15) is 75.7 Å². The van der Waals surface area contributed by atoms with Crippen LogP contribution < -0.4 is 4.74 Å². The van der Waals surface area contributed by atoms with Crippen LogP contribution in [0.25, 0.3) is 0 Å². The molecule has 0 radical (unpaired) electrons. The summed E-state index contributed by atoms with van der Waals surface area (Å²) in [6.07, 6.45) is 4.99. The molecule has 2 aromatic carbocycles. The van der Waals surface area contributed by atoms with Gasteiger partial charge in [-0.15, -0.1) is 0 Å². The maximum absolute atomic E-state index is 12.6. The van der Waals surface area contributed by atoms with Gasteiger partial charge < -0.3 is 18.9 Å². The van der Waals surface area contributed by atoms with E-state index < -0.39 is 30.4 Å². The molecule has 0 N–H and O–H groups in total. The van der Waals surface area contributed by atoms with Crippen molar-refractivity contribution < 1.29 is 33.3 Å². The first-order chi connectivity index (χ1) is 17.7. The van der Waals surface area contributed by atoms with Gasteiger partial charge in [0.15, 0.2) is 0 Å². The zero-order valence-corrected chi connectivity index (χ0v) is 22.4. The average Bonchev–Trinajstić information content (AvgIpc) is 2.88. The molecule has 8 heteroatoms. The maximum atomic E-state index is 12.6. The Balaban J connectivity index is 1.76. The molecule has 0 bridgehead atoms. The summed E-state index contributed by atoms with van der Waals surface area (Å²) in [6.45, 7) is 7.32. The quantitative estimate of drug-likeness (QED) is 0.170. The number of amides is 1. The van der Waals surface area contributed by atoms with Gasteiger partial charge in [-0.25, -0.2) is 9.59 Å². The van der Waals surface area contributed by atoms with Gasteiger partial charge in [-0.05, 0) is 57.0 Å². The van der Waals surface area contributed by atoms with Gasteiger partial charge in [0, 0.05) is 5.54 Å². The largest absolute Gasteiger partial charge is 0.494 e. The summed E-state index contributed by atoms with van der Waals surface area (Å²) in [5.41, 5.74) is 0.428. The van der Waals surface area contributed by atoms with Crippen LogP contribution in [-0.2, 0) is 25.6 Å². The van der Waals surface area contributed by atoms with Crippen LogP contribution in [0.2, 0.25) is 0 Å². The predicted molar refractivity (Wildman–Crippen MR) is 140 cm³/mol. The first-order valence-electron chi connectivity index (χ1n) is 12.7. The predicted octanol–water partition coefficient (Wildman–Crippen LogP) is 6.13. The van der Waals surface area contributed by atoms with Crippen molar-refractivity contribution in [2.24, 2.45) is 0 Å². The van der Waals surface area contributed by atoms with E-state index >= 15 is 0 Å². The Morgan fingerprint density at radius 2 is 1.49 bits per heavy atom. The van der Waals surface area contributed by atoms with Gasteiger partial charge in [0.25, 0.3) is 0 Å². The van der Waals surface area contributed by atoms with Crippen molar-refractivity contribution in [3.8, 4) is 5.75 Å². The molecule has 0 atom stereocenters. The molecule has 0 aliphatic carbocycles. The molecule has 8 nitrogen and oxygen atoms in total. The van der Waals surface area contributed by atoms with E-state index in [1.165, 1.54) is 24.2 Å². The number of nitrogens with zero attached hydrogens (tertiary/aromatic N) is 1. The second-order valence-corrected chi connectivity index (χ2v) is 9.65. The average molecular weight is 514 g/mol. The highest BCUT2D eigenvalue weighted by molar-refractivity contribution is 5.89. The molecule has 0 aliphatic heterocycles. The van der Waals surface area contributed by atoms with E-state index in [1.807, 2.05) is 30.3 Å². The zero-order chi connectivity index (χ0) is 27.1. The lowest BCUT2D eigenvalue weighted by Gasteiger charge is -2.33. The molecule has 0 spiro atoms. The lowest BCUT2D eigenvalue weighted by Crippen LogP contribution is -2.49. The molecule has 0 saturated carbocycles. The second-order valence-electron chi connectivity index (χ2n) is 9.65. The molecule has 0 fully saturated rings. The summed E-state index contributed by atoms with van der Waals surface area (Å²) in [7, 11) is 0. The third-order valence-corrected chi connectivity index (χ3v) is 5.54. The van der Waals surface area contributed by atoms with Gasteiger partial charge in [0.1, 0.15) is 18.9 Å². The van der Waals surface area contributed by atoms with Crippen LogP contribution in [0.5, 0.6) is 5.75 Å². The third-order valence-electron chi connectivity index (χ3n) is 5.54. The summed E-state index contributed by atoms with van der Waals surface area (Å²) in [5, 5.41) is 0. The molecule has 2 rings (SSSR count). The Bertz CT molecular complexity index is 968. The fourth-order valence-corrected chi connectivity index (χ4v) is 3.37. The first-order valence-corrected chi connectivity index (χ1v) is 12.7. The molecule has 0 unspecified atom stereocenters. The van der Waals surface area contributed by atoms with Crippen LogP contribution in [0.4, 0.5) is 4.79 Å². The van der Waals surface area contributed by atoms with Crippen LogP contribution in [0.3, 0.4) is 0 Å². The number of esters is 2. The smallest absolute Gasteiger partial charge is 0.413 e. The minimum Gasteiger partial charge on any atom is -0.494 e. The second kappa shape index (κ2) is 15.5. The molecule has 0 aliphatic rings. The van der Waals surface area contributed by atoms with Gasteiger partial charge >= 0.3 is 18.0 Å². The highest BCUT2D eigenvalue weighted by atomic mass is 16.7. The fraction of sp³-hybridized carbons (Fsp3) is 0.483. The van der Waals surface area contributed by atoms with Gasteiger partial charge in [-0.2, -0.15) is 0 Å². The monoisotopic (exact) mass is 513 g/mol. The van der Waals surface area contributed by atoms with E-state index in [1.54, 1.807) is 45.0 Å². The Hall–Kier alpha value is -3.55. The topological polar surface area (TPSA) is 91.4 Å². The summed E-state index contributed by atoms with van der Waals surface area (Å²) in [6, 6.07) is 15.9. The summed E-state index contributed by atoms with van der Waals surface area (Å²) >= 11 is 0. The third kappa shape index (κ3) is 11.4. The summed E-state index contributed by atoms with van der Waals surface area (Å²) in [4.78, 5) is 38.5. The van der Waals surface area contributed by atoms with Crippen molar-refractivity contribution in [3.05, 3.63) is 65.7 Å². The molecule has 37 heavy (non-hydrogen) atoms. The normalized spacial score (nSPS) is 10.9. The molecular weight excluding hydrogens is 474 g/mol. The number of rotatable bonds is 14. The SMILES string of the molecule is CCCCCCCOc1ccc(C(=O)OCOC(=O)N(CC(=O)OCc2ccccc2)C(C)(C)C)cc1. The van der Waals surface area contributed by atoms with Crippen LogP contribution in [0, 0.1) is 0 Å². The van der Waals surface area contributed by atoms with Crippen molar-refractivity contribution in [1.29, 1.82) is 0 Å². The highest BCUT2D eigenvalue weighted by Gasteiger charge is 2.30. The molecule has 1 amide bonds. The lowest BCUT2D eigenvalue weighted by atomic mass is 10.1. The van der Waals surface area contributed by atoms with Crippen molar-refractivity contribution in [1.82, 2.24) is 4.90 Å². The minimum absolute atomic E-state index is 0.104. The highest BCUT2D eigenvalue weighted by Crippen LogP contribution is 2.16. The lowest BCUT2D eigenvalue weighted by molar-refractivity contribution is -0.147. The van der Waals surface area contributed by atoms with E-state index in [9.17, 15) is 14.4 Å². The number of ether oxygens (including phenoxy) is 4. The number of benzene rings is 2. The Kier molecular flexibility index (Phi) is 12.5. The first kappa shape index (κ1) is 29.7. The van der Waals surface area contributed by atoms with Crippen LogP contribution in [-0.4, -0.2) is 48.4 Å². The van der Waals surface area contributed by atoms with Crippen molar-refractivity contribution in [3.63, 3.8) is 0 Å². The fourth-order valence-electron chi connectivity index (χ4n) is 3.37. The van der Waals surface area contributed by atoms with E-state index in [0.717, 1.165) is 18.4 Å². The molecule has 202 valence electrons. The maximum Gasteiger partial charge on any atom is 0.413 e. The Morgan fingerprint density at radius 3 is 2.14 bits per heavy atom. The van der Waals surface area contributed by atoms with E-state index in [4.69, 9.17) is 18.9 Å². The number of carbonyl (C=O) groups is 3. The van der Waals surface area contributed by atoms with Crippen molar-refractivity contribution in [2.45, 2.75) is 71.9 Å². The zero-order valence-electron chi connectivity index (χ0n) is 22.4. The van der Waals surface area contributed by atoms with E-state index in [-0.39, 0.29) is 13.2 Å². The standard InChI is InChI=1S/C29H39NO7/c1-5-6-7-8-12-19-34-25-17-15-24(16-18-25)27(32)36-22-37-28(33)30(29(2,3)4)20-26(31)35-21-23-13-10-9-11-14-23/h9-11,13-18H,5-8,12,19-22H2,1-4H3. The van der Waals surface area contributed by atoms with Gasteiger partial charge in [0.2, 0.25) is 6.79 Å². The van der Waals surface area contributed by atoms with Crippen molar-refractivity contribution in [2.75, 3.05) is 19.9 Å². The number of hydrogen-bond donors (Lipinski definition) is 0. The number of hydrogen-bond acceptors (Lipinski definition) is 7.